The Morgan fingerprint density at radius 3 is 1.40 bits per heavy atom. The van der Waals surface area contributed by atoms with Crippen molar-refractivity contribution in [3.63, 3.8) is 0 Å². The van der Waals surface area contributed by atoms with Gasteiger partial charge in [0.15, 0.2) is 5.92 Å². The molecule has 0 saturated carbocycles. The van der Waals surface area contributed by atoms with E-state index < -0.39 is 47.7 Å². The third kappa shape index (κ3) is 18.4. The van der Waals surface area contributed by atoms with Gasteiger partial charge < -0.3 is 48.8 Å². The van der Waals surface area contributed by atoms with Gasteiger partial charge in [-0.15, -0.1) is 0 Å². The first-order chi connectivity index (χ1) is 27.3. The Balaban J connectivity index is 0.000000789. The number of aliphatic carboxylic acids is 1. The topological polar surface area (TPSA) is 273 Å². The lowest BCUT2D eigenvalue weighted by atomic mass is 9.93. The summed E-state index contributed by atoms with van der Waals surface area (Å²) in [6.07, 6.45) is -0.417. The first-order valence-electron chi connectivity index (χ1n) is 16.9. The highest BCUT2D eigenvalue weighted by Gasteiger charge is 2.35. The number of aromatic carboxylic acids is 3. The van der Waals surface area contributed by atoms with Gasteiger partial charge in [-0.1, -0.05) is 12.1 Å². The van der Waals surface area contributed by atoms with Crippen molar-refractivity contribution in [2.75, 3.05) is 41.2 Å². The molecule has 58 heavy (non-hydrogen) atoms. The summed E-state index contributed by atoms with van der Waals surface area (Å²) < 4.78 is 29.4. The summed E-state index contributed by atoms with van der Waals surface area (Å²) in [6, 6.07) is 13.1. The molecule has 0 spiro atoms. The van der Waals surface area contributed by atoms with Gasteiger partial charge in [-0.25, -0.2) is 14.4 Å². The summed E-state index contributed by atoms with van der Waals surface area (Å²) in [5.74, 6) is -7.01. The fraction of sp³-hybridized carbons (Fsp3) is 0.333. The van der Waals surface area contributed by atoms with E-state index in [0.29, 0.717) is 28.3 Å². The number of methoxy groups -OCH3 is 3. The quantitative estimate of drug-likeness (QED) is 0.0806. The standard InChI is InChI=1S/C15H18O7.C10H10O5.C8H7BrO3.C6H10O3/c1-4-21-14(18)12(15(19)22-5-2)10-7-6-9(20-3)8-11(10)13(16)17;1-15-7-3-2-6(4-9(11)12)8(5-7)10(13)14;1-12-5-2-3-7(9)6(4-5)8(10)11;1-3-9-6(8)4-5(2)7/h6-8,12H,4-5H2,1-3H3,(H,16,17);2-3,5H,4H2,1H3,(H,11,12)(H,13,14);2-4H,1H3,(H,10,11);3-4H2,1-2H3. The van der Waals surface area contributed by atoms with Crippen LogP contribution >= 0.6 is 15.9 Å². The van der Waals surface area contributed by atoms with Crippen LogP contribution in [0.25, 0.3) is 0 Å². The average Bonchev–Trinajstić information content (AvgIpc) is 3.15. The van der Waals surface area contributed by atoms with E-state index in [1.807, 2.05) is 0 Å². The number of esters is 3. The third-order valence-electron chi connectivity index (χ3n) is 6.84. The number of carboxylic acids is 4. The van der Waals surface area contributed by atoms with Gasteiger partial charge in [-0.3, -0.25) is 24.0 Å². The molecule has 3 rings (SSSR count). The first kappa shape index (κ1) is 51.5. The van der Waals surface area contributed by atoms with E-state index in [1.165, 1.54) is 70.7 Å². The number of Topliss-reactive ketones (excluding diaryl/α,β-unsaturated/α-hetero) is 1. The zero-order valence-corrected chi connectivity index (χ0v) is 34.3. The molecule has 19 heteroatoms. The van der Waals surface area contributed by atoms with E-state index in [9.17, 15) is 43.5 Å². The molecule has 0 aliphatic heterocycles. The minimum absolute atomic E-state index is 0.00481. The first-order valence-corrected chi connectivity index (χ1v) is 17.7. The summed E-state index contributed by atoms with van der Waals surface area (Å²) in [5, 5.41) is 35.4. The maximum absolute atomic E-state index is 12.0. The van der Waals surface area contributed by atoms with Gasteiger partial charge in [0.05, 0.1) is 64.3 Å². The number of carbonyl (C=O) groups is 8. The fourth-order valence-electron chi connectivity index (χ4n) is 4.31. The molecule has 0 bridgehead atoms. The van der Waals surface area contributed by atoms with Crippen molar-refractivity contribution in [1.82, 2.24) is 0 Å². The van der Waals surface area contributed by atoms with Gasteiger partial charge in [-0.2, -0.15) is 0 Å². The van der Waals surface area contributed by atoms with Crippen molar-refractivity contribution in [2.24, 2.45) is 0 Å². The van der Waals surface area contributed by atoms with Crippen molar-refractivity contribution >= 4 is 63.5 Å². The molecule has 0 aliphatic rings. The Morgan fingerprint density at radius 2 is 1.00 bits per heavy atom. The predicted molar refractivity (Wildman–Crippen MR) is 207 cm³/mol. The van der Waals surface area contributed by atoms with Crippen molar-refractivity contribution in [3.8, 4) is 17.2 Å². The molecular formula is C39H45BrO18. The highest BCUT2D eigenvalue weighted by molar-refractivity contribution is 9.10. The summed E-state index contributed by atoms with van der Waals surface area (Å²) in [7, 11) is 4.29. The Morgan fingerprint density at radius 1 is 0.586 bits per heavy atom. The van der Waals surface area contributed by atoms with Crippen LogP contribution in [0, 0.1) is 0 Å². The lowest BCUT2D eigenvalue weighted by Gasteiger charge is -2.17. The smallest absolute Gasteiger partial charge is 0.336 e. The second-order valence-electron chi connectivity index (χ2n) is 10.9. The minimum Gasteiger partial charge on any atom is -0.497 e. The van der Waals surface area contributed by atoms with Gasteiger partial charge in [0, 0.05) is 4.47 Å². The van der Waals surface area contributed by atoms with E-state index in [4.69, 9.17) is 39.0 Å². The van der Waals surface area contributed by atoms with E-state index in [1.54, 1.807) is 32.9 Å². The molecule has 0 radical (unpaired) electrons. The van der Waals surface area contributed by atoms with Crippen molar-refractivity contribution in [2.45, 2.75) is 46.5 Å². The molecule has 3 aromatic carbocycles. The average molecular weight is 882 g/mol. The van der Waals surface area contributed by atoms with Crippen LogP contribution in [-0.2, 0) is 44.6 Å². The lowest BCUT2D eigenvalue weighted by molar-refractivity contribution is -0.157. The second-order valence-corrected chi connectivity index (χ2v) is 11.8. The molecule has 4 N–H and O–H groups in total. The lowest BCUT2D eigenvalue weighted by Crippen LogP contribution is -2.27. The van der Waals surface area contributed by atoms with Crippen molar-refractivity contribution < 1.29 is 87.2 Å². The molecule has 0 fully saturated rings. The van der Waals surface area contributed by atoms with E-state index >= 15 is 0 Å². The molecule has 0 heterocycles. The number of hydrogen-bond acceptors (Lipinski definition) is 14. The fourth-order valence-corrected chi connectivity index (χ4v) is 4.73. The van der Waals surface area contributed by atoms with E-state index in [2.05, 4.69) is 20.7 Å². The second kappa shape index (κ2) is 27.2. The Labute approximate surface area is 341 Å². The third-order valence-corrected chi connectivity index (χ3v) is 7.53. The molecule has 316 valence electrons. The zero-order valence-electron chi connectivity index (χ0n) is 32.7. The molecule has 0 aromatic heterocycles. The molecule has 0 saturated heterocycles. The highest BCUT2D eigenvalue weighted by atomic mass is 79.9. The van der Waals surface area contributed by atoms with E-state index in [0.717, 1.165) is 0 Å². The van der Waals surface area contributed by atoms with E-state index in [-0.39, 0.29) is 59.7 Å². The molecule has 0 aliphatic carbocycles. The number of halogens is 1. The number of ketones is 1. The van der Waals surface area contributed by atoms with Crippen LogP contribution in [-0.4, -0.2) is 109 Å². The summed E-state index contributed by atoms with van der Waals surface area (Å²) in [6.45, 7) is 6.71. The number of carbonyl (C=O) groups excluding carboxylic acids is 4. The van der Waals surface area contributed by atoms with Crippen LogP contribution < -0.4 is 14.2 Å². The van der Waals surface area contributed by atoms with Gasteiger partial charge in [-0.05, 0) is 97.2 Å². The maximum atomic E-state index is 12.0. The van der Waals surface area contributed by atoms with Crippen LogP contribution in [0.15, 0.2) is 59.1 Å². The van der Waals surface area contributed by atoms with Crippen LogP contribution in [0.3, 0.4) is 0 Å². The Bertz CT molecular complexity index is 1890. The van der Waals surface area contributed by atoms with Gasteiger partial charge in [0.1, 0.15) is 29.5 Å². The van der Waals surface area contributed by atoms with Crippen LogP contribution in [0.4, 0.5) is 0 Å². The number of carboxylic acid groups (broad SMARTS) is 4. The molecule has 0 amide bonds. The predicted octanol–water partition coefficient (Wildman–Crippen LogP) is 5.31. The SMILES string of the molecule is CCOC(=O)C(C(=O)OCC)c1ccc(OC)cc1C(=O)O.CCOC(=O)CC(C)=O.COc1ccc(Br)c(C(=O)O)c1.COc1ccc(CC(=O)O)c(C(=O)O)c1. The largest absolute Gasteiger partial charge is 0.497 e. The van der Waals surface area contributed by atoms with Crippen molar-refractivity contribution in [3.05, 3.63) is 86.9 Å². The molecular weight excluding hydrogens is 836 g/mol. The van der Waals surface area contributed by atoms with Gasteiger partial charge in [0.25, 0.3) is 0 Å². The highest BCUT2D eigenvalue weighted by Crippen LogP contribution is 2.27. The van der Waals surface area contributed by atoms with Gasteiger partial charge >= 0.3 is 41.8 Å². The monoisotopic (exact) mass is 880 g/mol. The Hall–Kier alpha value is -6.50. The van der Waals surface area contributed by atoms with Crippen molar-refractivity contribution in [1.29, 1.82) is 0 Å². The molecule has 18 nitrogen and oxygen atoms in total. The maximum Gasteiger partial charge on any atom is 0.336 e. The van der Waals surface area contributed by atoms with Crippen LogP contribution in [0.5, 0.6) is 17.2 Å². The van der Waals surface area contributed by atoms with Crippen LogP contribution in [0.1, 0.15) is 82.2 Å². The summed E-state index contributed by atoms with van der Waals surface area (Å²) in [5.41, 5.74) is 0.206. The normalized spacial score (nSPS) is 9.67. The summed E-state index contributed by atoms with van der Waals surface area (Å²) >= 11 is 3.12. The van der Waals surface area contributed by atoms with Crippen LogP contribution in [0.2, 0.25) is 0 Å². The number of hydrogen-bond donors (Lipinski definition) is 4. The minimum atomic E-state index is -1.45. The number of benzene rings is 3. The Kier molecular flexibility index (Phi) is 24.1. The molecule has 0 unspecified atom stereocenters. The molecule has 0 atom stereocenters. The van der Waals surface area contributed by atoms with Gasteiger partial charge in [0.2, 0.25) is 0 Å². The summed E-state index contributed by atoms with van der Waals surface area (Å²) in [4.78, 5) is 88.0. The number of ether oxygens (including phenoxy) is 6. The molecule has 3 aromatic rings. The number of rotatable bonds is 16. The zero-order chi connectivity index (χ0) is 44.5.